The monoisotopic (exact) mass is 161 g/mol. The van der Waals surface area contributed by atoms with Gasteiger partial charge in [0.15, 0.2) is 0 Å². The van der Waals surface area contributed by atoms with Gasteiger partial charge in [0.1, 0.15) is 24.3 Å². The van der Waals surface area contributed by atoms with E-state index in [0.717, 1.165) is 11.6 Å². The lowest BCUT2D eigenvalue weighted by molar-refractivity contribution is 0.880. The van der Waals surface area contributed by atoms with Crippen molar-refractivity contribution in [2.75, 3.05) is 0 Å². The summed E-state index contributed by atoms with van der Waals surface area (Å²) < 4.78 is 0. The average Bonchev–Trinajstić information content (AvgIpc) is 2.59. The van der Waals surface area contributed by atoms with Gasteiger partial charge in [-0.1, -0.05) is 0 Å². The smallest absolute Gasteiger partial charge is 0.139 e. The van der Waals surface area contributed by atoms with Gasteiger partial charge >= 0.3 is 0 Å². The summed E-state index contributed by atoms with van der Waals surface area (Å²) in [4.78, 5) is 18.7. The molecule has 2 aromatic rings. The summed E-state index contributed by atoms with van der Waals surface area (Å²) in [6.07, 6.45) is 7.05. The number of hydrogen-bond donors (Lipinski definition) is 1. The van der Waals surface area contributed by atoms with Crippen LogP contribution in [0.15, 0.2) is 25.0 Å². The van der Waals surface area contributed by atoms with Gasteiger partial charge in [-0.05, 0) is 0 Å². The van der Waals surface area contributed by atoms with Crippen LogP contribution in [0.3, 0.4) is 0 Å². The molecule has 2 rings (SSSR count). The SMILES string of the molecule is c1ncnc(Cc2ncc[nH]2)n1. The Balaban J connectivity index is 2.15. The summed E-state index contributed by atoms with van der Waals surface area (Å²) >= 11 is 0. The number of H-pyrrole nitrogens is 1. The Hall–Kier alpha value is -1.78. The molecule has 0 aliphatic carbocycles. The fourth-order valence-corrected chi connectivity index (χ4v) is 0.899. The molecule has 0 saturated heterocycles. The second-order valence-electron chi connectivity index (χ2n) is 2.27. The number of imidazole rings is 1. The van der Waals surface area contributed by atoms with E-state index >= 15 is 0 Å². The summed E-state index contributed by atoms with van der Waals surface area (Å²) in [6.45, 7) is 0. The Kier molecular flexibility index (Phi) is 1.77. The van der Waals surface area contributed by atoms with Gasteiger partial charge in [-0.15, -0.1) is 0 Å². The van der Waals surface area contributed by atoms with Gasteiger partial charge in [0, 0.05) is 12.4 Å². The molecule has 0 spiro atoms. The molecule has 0 aliphatic heterocycles. The van der Waals surface area contributed by atoms with Crippen LogP contribution in [0.2, 0.25) is 0 Å². The van der Waals surface area contributed by atoms with Crippen LogP contribution in [0.1, 0.15) is 11.6 Å². The molecule has 1 N–H and O–H groups in total. The maximum atomic E-state index is 4.06. The van der Waals surface area contributed by atoms with E-state index in [2.05, 4.69) is 24.9 Å². The highest BCUT2D eigenvalue weighted by molar-refractivity contribution is 4.97. The van der Waals surface area contributed by atoms with Crippen LogP contribution < -0.4 is 0 Å². The molecule has 0 fully saturated rings. The second-order valence-corrected chi connectivity index (χ2v) is 2.27. The molecule has 0 aliphatic rings. The van der Waals surface area contributed by atoms with Gasteiger partial charge in [0.25, 0.3) is 0 Å². The molecule has 0 atom stereocenters. The predicted octanol–water partition coefficient (Wildman–Crippen LogP) is 0.185. The van der Waals surface area contributed by atoms with Crippen molar-refractivity contribution in [1.29, 1.82) is 0 Å². The minimum Gasteiger partial charge on any atom is -0.348 e. The van der Waals surface area contributed by atoms with Crippen molar-refractivity contribution in [2.24, 2.45) is 0 Å². The van der Waals surface area contributed by atoms with Crippen LogP contribution in [-0.2, 0) is 6.42 Å². The van der Waals surface area contributed by atoms with E-state index in [1.165, 1.54) is 12.7 Å². The Labute approximate surface area is 68.9 Å². The van der Waals surface area contributed by atoms with Crippen molar-refractivity contribution in [3.63, 3.8) is 0 Å². The van der Waals surface area contributed by atoms with E-state index in [1.807, 2.05) is 0 Å². The summed E-state index contributed by atoms with van der Waals surface area (Å²) in [5, 5.41) is 0. The van der Waals surface area contributed by atoms with E-state index in [-0.39, 0.29) is 0 Å². The van der Waals surface area contributed by atoms with Crippen molar-refractivity contribution >= 4 is 0 Å². The van der Waals surface area contributed by atoms with Crippen molar-refractivity contribution in [2.45, 2.75) is 6.42 Å². The van der Waals surface area contributed by atoms with E-state index in [1.54, 1.807) is 12.4 Å². The third-order valence-electron chi connectivity index (χ3n) is 1.43. The molecular weight excluding hydrogens is 154 g/mol. The van der Waals surface area contributed by atoms with E-state index < -0.39 is 0 Å². The van der Waals surface area contributed by atoms with Gasteiger partial charge in [0.2, 0.25) is 0 Å². The van der Waals surface area contributed by atoms with Crippen LogP contribution in [0.4, 0.5) is 0 Å². The molecule has 0 unspecified atom stereocenters. The fourth-order valence-electron chi connectivity index (χ4n) is 0.899. The van der Waals surface area contributed by atoms with Crippen LogP contribution in [-0.4, -0.2) is 24.9 Å². The Morgan fingerprint density at radius 1 is 1.17 bits per heavy atom. The first-order valence-corrected chi connectivity index (χ1v) is 3.54. The number of hydrogen-bond acceptors (Lipinski definition) is 4. The third kappa shape index (κ3) is 1.45. The molecule has 2 aromatic heterocycles. The minimum atomic E-state index is 0.621. The third-order valence-corrected chi connectivity index (χ3v) is 1.43. The van der Waals surface area contributed by atoms with Crippen molar-refractivity contribution in [3.05, 3.63) is 36.7 Å². The maximum absolute atomic E-state index is 4.06. The largest absolute Gasteiger partial charge is 0.348 e. The van der Waals surface area contributed by atoms with Gasteiger partial charge in [-0.25, -0.2) is 19.9 Å². The Morgan fingerprint density at radius 3 is 2.67 bits per heavy atom. The lowest BCUT2D eigenvalue weighted by Gasteiger charge is -1.93. The summed E-state index contributed by atoms with van der Waals surface area (Å²) in [5.41, 5.74) is 0. The number of nitrogens with zero attached hydrogens (tertiary/aromatic N) is 4. The van der Waals surface area contributed by atoms with Crippen molar-refractivity contribution in [1.82, 2.24) is 24.9 Å². The molecule has 0 bridgehead atoms. The van der Waals surface area contributed by atoms with Crippen LogP contribution >= 0.6 is 0 Å². The first kappa shape index (κ1) is 6.90. The maximum Gasteiger partial charge on any atom is 0.139 e. The summed E-state index contributed by atoms with van der Waals surface area (Å²) in [5.74, 6) is 1.58. The number of aromatic amines is 1. The Morgan fingerprint density at radius 2 is 2.00 bits per heavy atom. The molecule has 0 saturated carbocycles. The predicted molar refractivity (Wildman–Crippen MR) is 41.2 cm³/mol. The molecule has 0 aromatic carbocycles. The molecule has 5 nitrogen and oxygen atoms in total. The molecular formula is C7H7N5. The highest BCUT2D eigenvalue weighted by Crippen LogP contribution is 1.95. The number of rotatable bonds is 2. The van der Waals surface area contributed by atoms with Crippen molar-refractivity contribution in [3.8, 4) is 0 Å². The minimum absolute atomic E-state index is 0.621. The fraction of sp³-hybridized carbons (Fsp3) is 0.143. The van der Waals surface area contributed by atoms with Gasteiger partial charge in [-0.3, -0.25) is 0 Å². The van der Waals surface area contributed by atoms with E-state index in [4.69, 9.17) is 0 Å². The van der Waals surface area contributed by atoms with Gasteiger partial charge in [0.05, 0.1) is 6.42 Å². The molecule has 60 valence electrons. The highest BCUT2D eigenvalue weighted by atomic mass is 15.0. The lowest BCUT2D eigenvalue weighted by atomic mass is 10.4. The summed E-state index contributed by atoms with van der Waals surface area (Å²) in [6, 6.07) is 0. The zero-order chi connectivity index (χ0) is 8.23. The first-order valence-electron chi connectivity index (χ1n) is 3.54. The van der Waals surface area contributed by atoms with Gasteiger partial charge < -0.3 is 4.98 Å². The highest BCUT2D eigenvalue weighted by Gasteiger charge is 1.98. The topological polar surface area (TPSA) is 67.3 Å². The first-order chi connectivity index (χ1) is 5.95. The second kappa shape index (κ2) is 3.08. The zero-order valence-electron chi connectivity index (χ0n) is 6.31. The summed E-state index contributed by atoms with van der Waals surface area (Å²) in [7, 11) is 0. The average molecular weight is 161 g/mol. The molecule has 0 radical (unpaired) electrons. The lowest BCUT2D eigenvalue weighted by Crippen LogP contribution is -1.97. The standard InChI is InChI=1S/C7H7N5/c1-2-10-6(9-1)3-7-11-4-8-5-12-7/h1-2,4-5H,3H2,(H,9,10). The molecule has 0 amide bonds. The van der Waals surface area contributed by atoms with E-state index in [9.17, 15) is 0 Å². The quantitative estimate of drug-likeness (QED) is 0.682. The van der Waals surface area contributed by atoms with Crippen molar-refractivity contribution < 1.29 is 0 Å². The van der Waals surface area contributed by atoms with Gasteiger partial charge in [-0.2, -0.15) is 0 Å². The van der Waals surface area contributed by atoms with Crippen LogP contribution in [0.25, 0.3) is 0 Å². The number of nitrogens with one attached hydrogen (secondary N) is 1. The molecule has 2 heterocycles. The molecule has 12 heavy (non-hydrogen) atoms. The van der Waals surface area contributed by atoms with E-state index in [0.29, 0.717) is 6.42 Å². The normalized spacial score (nSPS) is 10.0. The van der Waals surface area contributed by atoms with Crippen LogP contribution in [0.5, 0.6) is 0 Å². The Bertz CT molecular complexity index is 328. The molecule has 5 heteroatoms. The number of aromatic nitrogens is 5. The zero-order valence-corrected chi connectivity index (χ0v) is 6.31. The van der Waals surface area contributed by atoms with Crippen LogP contribution in [0, 0.1) is 0 Å².